The van der Waals surface area contributed by atoms with Gasteiger partial charge in [0.05, 0.1) is 0 Å². The number of nitrogens with one attached hydrogen (secondary N) is 1. The summed E-state index contributed by atoms with van der Waals surface area (Å²) in [7, 11) is 0. The Kier molecular flexibility index (Phi) is 5.33. The lowest BCUT2D eigenvalue weighted by Gasteiger charge is -2.19. The van der Waals surface area contributed by atoms with Crippen LogP contribution in [0, 0.1) is 0 Å². The van der Waals surface area contributed by atoms with Crippen molar-refractivity contribution in [1.82, 2.24) is 5.32 Å². The van der Waals surface area contributed by atoms with Gasteiger partial charge in [-0.05, 0) is 35.7 Å². The lowest BCUT2D eigenvalue weighted by atomic mass is 9.98. The predicted octanol–water partition coefficient (Wildman–Crippen LogP) is 2.20. The van der Waals surface area contributed by atoms with Crippen LogP contribution in [-0.4, -0.2) is 24.8 Å². The van der Waals surface area contributed by atoms with E-state index >= 15 is 0 Å². The van der Waals surface area contributed by atoms with Gasteiger partial charge >= 0.3 is 0 Å². The number of nitrogens with two attached hydrogens (primary N) is 1. The minimum absolute atomic E-state index is 0.171. The molecule has 0 aromatic heterocycles. The maximum absolute atomic E-state index is 8.79. The van der Waals surface area contributed by atoms with E-state index in [1.54, 1.807) is 0 Å². The molecule has 2 aromatic carbocycles. The number of aliphatic hydroxyl groups excluding tert-OH is 1. The Balaban J connectivity index is 2.16. The van der Waals surface area contributed by atoms with Crippen LogP contribution >= 0.6 is 0 Å². The Labute approximate surface area is 114 Å². The molecule has 4 N–H and O–H groups in total. The molecular weight excluding hydrogens is 236 g/mol. The number of fused-ring (bicyclic) bond motifs is 1. The fraction of sp³-hybridized carbons (Fsp3) is 0.375. The fourth-order valence-corrected chi connectivity index (χ4v) is 2.39. The molecule has 2 rings (SSSR count). The molecule has 102 valence electrons. The van der Waals surface area contributed by atoms with Crippen LogP contribution in [0.5, 0.6) is 0 Å². The first-order valence-corrected chi connectivity index (χ1v) is 6.88. The van der Waals surface area contributed by atoms with Crippen molar-refractivity contribution >= 4 is 10.8 Å². The van der Waals surface area contributed by atoms with Gasteiger partial charge in [0.1, 0.15) is 0 Å². The molecule has 0 radical (unpaired) electrons. The van der Waals surface area contributed by atoms with E-state index in [1.165, 1.54) is 16.3 Å². The molecule has 0 aliphatic rings. The second-order valence-electron chi connectivity index (χ2n) is 4.74. The Morgan fingerprint density at radius 2 is 1.84 bits per heavy atom. The first-order chi connectivity index (χ1) is 9.36. The Morgan fingerprint density at radius 3 is 2.63 bits per heavy atom. The molecule has 1 atom stereocenters. The monoisotopic (exact) mass is 258 g/mol. The fourth-order valence-electron chi connectivity index (χ4n) is 2.39. The molecule has 0 saturated carbocycles. The van der Waals surface area contributed by atoms with Crippen molar-refractivity contribution < 1.29 is 5.11 Å². The predicted molar refractivity (Wildman–Crippen MR) is 80.1 cm³/mol. The molecule has 0 heterocycles. The molecule has 0 saturated heterocycles. The third kappa shape index (κ3) is 3.53. The average Bonchev–Trinajstić information content (AvgIpc) is 2.47. The van der Waals surface area contributed by atoms with Gasteiger partial charge in [-0.1, -0.05) is 42.5 Å². The average molecular weight is 258 g/mol. The van der Waals surface area contributed by atoms with E-state index in [0.29, 0.717) is 6.54 Å². The summed E-state index contributed by atoms with van der Waals surface area (Å²) in [4.78, 5) is 0. The summed E-state index contributed by atoms with van der Waals surface area (Å²) < 4.78 is 0. The van der Waals surface area contributed by atoms with E-state index < -0.39 is 0 Å². The first kappa shape index (κ1) is 14.0. The summed E-state index contributed by atoms with van der Waals surface area (Å²) in [5.74, 6) is 0. The highest BCUT2D eigenvalue weighted by Crippen LogP contribution is 2.23. The minimum atomic E-state index is 0.171. The summed E-state index contributed by atoms with van der Waals surface area (Å²) in [6.45, 7) is 1.71. The van der Waals surface area contributed by atoms with Gasteiger partial charge in [0.15, 0.2) is 0 Å². The second-order valence-corrected chi connectivity index (χ2v) is 4.74. The molecule has 1 unspecified atom stereocenters. The van der Waals surface area contributed by atoms with Crippen molar-refractivity contribution in [3.05, 3.63) is 48.0 Å². The van der Waals surface area contributed by atoms with Crippen LogP contribution in [0.15, 0.2) is 42.5 Å². The molecule has 3 nitrogen and oxygen atoms in total. The lowest BCUT2D eigenvalue weighted by molar-refractivity contribution is 0.282. The quantitative estimate of drug-likeness (QED) is 0.667. The largest absolute Gasteiger partial charge is 0.396 e. The molecule has 0 fully saturated rings. The van der Waals surface area contributed by atoms with Crippen LogP contribution < -0.4 is 11.1 Å². The lowest BCUT2D eigenvalue weighted by Crippen LogP contribution is -2.29. The van der Waals surface area contributed by atoms with Crippen molar-refractivity contribution in [1.29, 1.82) is 0 Å². The Bertz CT molecular complexity index is 508. The van der Waals surface area contributed by atoms with E-state index in [4.69, 9.17) is 10.8 Å². The van der Waals surface area contributed by atoms with Gasteiger partial charge in [0, 0.05) is 19.2 Å². The molecule has 0 aliphatic heterocycles. The topological polar surface area (TPSA) is 58.3 Å². The van der Waals surface area contributed by atoms with Crippen LogP contribution in [0.4, 0.5) is 0 Å². The molecule has 3 heteroatoms. The zero-order valence-electron chi connectivity index (χ0n) is 11.2. The van der Waals surface area contributed by atoms with Gasteiger partial charge in [-0.15, -0.1) is 0 Å². The smallest absolute Gasteiger partial charge is 0.0450 e. The number of rotatable bonds is 7. The SMILES string of the molecule is NCC(NCCCCO)c1cccc2ccccc12. The summed E-state index contributed by atoms with van der Waals surface area (Å²) in [5, 5.41) is 14.8. The van der Waals surface area contributed by atoms with E-state index in [2.05, 4.69) is 47.8 Å². The summed E-state index contributed by atoms with van der Waals surface area (Å²) >= 11 is 0. The molecule has 0 amide bonds. The molecule has 0 spiro atoms. The van der Waals surface area contributed by atoms with Gasteiger partial charge in [-0.3, -0.25) is 0 Å². The summed E-state index contributed by atoms with van der Waals surface area (Å²) in [6, 6.07) is 14.9. The van der Waals surface area contributed by atoms with Crippen LogP contribution in [0.25, 0.3) is 10.8 Å². The third-order valence-corrected chi connectivity index (χ3v) is 3.41. The number of benzene rings is 2. The van der Waals surface area contributed by atoms with Crippen LogP contribution in [0.1, 0.15) is 24.4 Å². The first-order valence-electron chi connectivity index (χ1n) is 6.88. The molecular formula is C16H22N2O. The standard InChI is InChI=1S/C16H22N2O/c17-12-16(18-10-3-4-11-19)15-9-5-7-13-6-1-2-8-14(13)15/h1-2,5-9,16,18-19H,3-4,10-12,17H2. The Hall–Kier alpha value is -1.42. The van der Waals surface area contributed by atoms with Crippen LogP contribution in [0.3, 0.4) is 0 Å². The molecule has 0 aliphatic carbocycles. The third-order valence-electron chi connectivity index (χ3n) is 3.41. The molecule has 19 heavy (non-hydrogen) atoms. The van der Waals surface area contributed by atoms with Crippen molar-refractivity contribution in [2.75, 3.05) is 19.7 Å². The summed E-state index contributed by atoms with van der Waals surface area (Å²) in [6.07, 6.45) is 1.80. The normalized spacial score (nSPS) is 12.7. The highest BCUT2D eigenvalue weighted by Gasteiger charge is 2.11. The van der Waals surface area contributed by atoms with E-state index in [1.807, 2.05) is 0 Å². The van der Waals surface area contributed by atoms with Crippen molar-refractivity contribution in [2.24, 2.45) is 5.73 Å². The maximum atomic E-state index is 8.79. The van der Waals surface area contributed by atoms with E-state index in [-0.39, 0.29) is 12.6 Å². The van der Waals surface area contributed by atoms with Gasteiger partial charge in [-0.2, -0.15) is 0 Å². The number of hydrogen-bond donors (Lipinski definition) is 3. The van der Waals surface area contributed by atoms with Gasteiger partial charge in [0.2, 0.25) is 0 Å². The number of aliphatic hydroxyl groups is 1. The highest BCUT2D eigenvalue weighted by atomic mass is 16.2. The zero-order chi connectivity index (χ0) is 13.5. The van der Waals surface area contributed by atoms with Crippen LogP contribution in [-0.2, 0) is 0 Å². The maximum Gasteiger partial charge on any atom is 0.0450 e. The summed E-state index contributed by atoms with van der Waals surface area (Å²) in [5.41, 5.74) is 7.15. The van der Waals surface area contributed by atoms with Gasteiger partial charge in [0.25, 0.3) is 0 Å². The number of unbranched alkanes of at least 4 members (excludes halogenated alkanes) is 1. The zero-order valence-corrected chi connectivity index (χ0v) is 11.2. The van der Waals surface area contributed by atoms with E-state index in [0.717, 1.165) is 19.4 Å². The minimum Gasteiger partial charge on any atom is -0.396 e. The Morgan fingerprint density at radius 1 is 1.05 bits per heavy atom. The van der Waals surface area contributed by atoms with Crippen molar-refractivity contribution in [3.8, 4) is 0 Å². The highest BCUT2D eigenvalue weighted by molar-refractivity contribution is 5.86. The molecule has 2 aromatic rings. The molecule has 0 bridgehead atoms. The van der Waals surface area contributed by atoms with Gasteiger partial charge < -0.3 is 16.2 Å². The van der Waals surface area contributed by atoms with Crippen LogP contribution in [0.2, 0.25) is 0 Å². The van der Waals surface area contributed by atoms with Crippen molar-refractivity contribution in [2.45, 2.75) is 18.9 Å². The van der Waals surface area contributed by atoms with Gasteiger partial charge in [-0.25, -0.2) is 0 Å². The second kappa shape index (κ2) is 7.24. The van der Waals surface area contributed by atoms with E-state index in [9.17, 15) is 0 Å². The number of hydrogen-bond acceptors (Lipinski definition) is 3. The van der Waals surface area contributed by atoms with Crippen molar-refractivity contribution in [3.63, 3.8) is 0 Å².